The van der Waals surface area contributed by atoms with E-state index >= 15 is 0 Å². The second-order valence-electron chi connectivity index (χ2n) is 8.68. The number of unbranched alkanes of at least 4 members (excludes halogenated alkanes) is 1. The fraction of sp³-hybridized carbons (Fsp3) is 0.700. The number of carbonyl (C=O) groups excluding carboxylic acids is 2. The Morgan fingerprint density at radius 3 is 2.38 bits per heavy atom. The molecule has 1 aliphatic rings. The molecule has 1 aromatic rings. The number of amides is 2. The zero-order valence-corrected chi connectivity index (χ0v) is 18.6. The minimum Gasteiger partial charge on any atom is -0.438 e. The molecular formula is C20H33N3O5S. The van der Waals surface area contributed by atoms with E-state index in [2.05, 4.69) is 15.4 Å². The molecule has 0 atom stereocenters. The summed E-state index contributed by atoms with van der Waals surface area (Å²) in [5, 5.41) is 5.41. The van der Waals surface area contributed by atoms with Gasteiger partial charge in [0.2, 0.25) is 11.0 Å². The van der Waals surface area contributed by atoms with Gasteiger partial charge in [-0.1, -0.05) is 32.6 Å². The maximum Gasteiger partial charge on any atom is 0.287 e. The van der Waals surface area contributed by atoms with Gasteiger partial charge in [0.25, 0.3) is 15.9 Å². The van der Waals surface area contributed by atoms with Crippen molar-refractivity contribution in [3.8, 4) is 0 Å². The summed E-state index contributed by atoms with van der Waals surface area (Å²) in [5.74, 6) is -0.909. The van der Waals surface area contributed by atoms with Crippen LogP contribution in [-0.4, -0.2) is 37.9 Å². The molecule has 0 saturated heterocycles. The van der Waals surface area contributed by atoms with Crippen LogP contribution in [0.1, 0.15) is 83.2 Å². The molecule has 2 rings (SSSR count). The van der Waals surface area contributed by atoms with Crippen LogP contribution >= 0.6 is 0 Å². The molecule has 0 aromatic carbocycles. The third-order valence-electron chi connectivity index (χ3n) is 4.82. The lowest BCUT2D eigenvalue weighted by Crippen LogP contribution is -2.59. The van der Waals surface area contributed by atoms with E-state index in [1.807, 2.05) is 6.92 Å². The zero-order valence-electron chi connectivity index (χ0n) is 17.8. The Bertz CT molecular complexity index is 817. The van der Waals surface area contributed by atoms with Gasteiger partial charge in [-0.2, -0.15) is 0 Å². The maximum absolute atomic E-state index is 12.8. The van der Waals surface area contributed by atoms with Crippen LogP contribution in [0.2, 0.25) is 0 Å². The van der Waals surface area contributed by atoms with Crippen LogP contribution in [0.15, 0.2) is 21.6 Å². The first-order chi connectivity index (χ1) is 13.5. The lowest BCUT2D eigenvalue weighted by atomic mass is 9.80. The summed E-state index contributed by atoms with van der Waals surface area (Å²) >= 11 is 0. The lowest BCUT2D eigenvalue weighted by molar-refractivity contribution is -0.128. The number of sulfonamides is 1. The van der Waals surface area contributed by atoms with Gasteiger partial charge in [-0.15, -0.1) is 0 Å². The van der Waals surface area contributed by atoms with E-state index in [0.29, 0.717) is 19.4 Å². The Morgan fingerprint density at radius 2 is 1.79 bits per heavy atom. The van der Waals surface area contributed by atoms with Crippen molar-refractivity contribution in [3.63, 3.8) is 0 Å². The normalized spacial score (nSPS) is 17.0. The first kappa shape index (κ1) is 23.4. The highest BCUT2D eigenvalue weighted by atomic mass is 32.2. The van der Waals surface area contributed by atoms with E-state index in [4.69, 9.17) is 4.42 Å². The van der Waals surface area contributed by atoms with Crippen molar-refractivity contribution in [1.29, 1.82) is 0 Å². The third kappa shape index (κ3) is 6.30. The molecule has 0 bridgehead atoms. The van der Waals surface area contributed by atoms with Crippen LogP contribution in [0.5, 0.6) is 0 Å². The number of nitrogens with one attached hydrogen (secondary N) is 3. The Labute approximate surface area is 173 Å². The summed E-state index contributed by atoms with van der Waals surface area (Å²) in [6.07, 6.45) is 5.63. The summed E-state index contributed by atoms with van der Waals surface area (Å²) in [7, 11) is -3.89. The van der Waals surface area contributed by atoms with Crippen molar-refractivity contribution in [2.24, 2.45) is 0 Å². The Hall–Kier alpha value is -1.87. The molecular weight excluding hydrogens is 394 g/mol. The summed E-state index contributed by atoms with van der Waals surface area (Å²) in [6.45, 7) is 7.75. The second-order valence-corrected chi connectivity index (χ2v) is 10.3. The van der Waals surface area contributed by atoms with Gasteiger partial charge in [0.1, 0.15) is 5.54 Å². The Kier molecular flexibility index (Phi) is 7.50. The van der Waals surface area contributed by atoms with Crippen LogP contribution in [0.3, 0.4) is 0 Å². The molecule has 0 radical (unpaired) electrons. The molecule has 8 nitrogen and oxygen atoms in total. The molecule has 2 amide bonds. The Balaban J connectivity index is 2.16. The van der Waals surface area contributed by atoms with E-state index in [1.54, 1.807) is 20.8 Å². The molecule has 1 saturated carbocycles. The van der Waals surface area contributed by atoms with Crippen LogP contribution in [-0.2, 0) is 14.8 Å². The maximum atomic E-state index is 12.8. The van der Waals surface area contributed by atoms with Gasteiger partial charge in [0, 0.05) is 12.1 Å². The van der Waals surface area contributed by atoms with Gasteiger partial charge >= 0.3 is 0 Å². The average molecular weight is 428 g/mol. The molecule has 0 aliphatic heterocycles. The minimum atomic E-state index is -3.89. The summed E-state index contributed by atoms with van der Waals surface area (Å²) in [4.78, 5) is 25.6. The highest BCUT2D eigenvalue weighted by molar-refractivity contribution is 7.89. The number of furan rings is 1. The first-order valence-corrected chi connectivity index (χ1v) is 11.7. The predicted octanol–water partition coefficient (Wildman–Crippen LogP) is 2.71. The molecule has 0 spiro atoms. The molecule has 1 aromatic heterocycles. The van der Waals surface area contributed by atoms with E-state index in [1.165, 1.54) is 12.1 Å². The molecule has 1 fully saturated rings. The van der Waals surface area contributed by atoms with Crippen molar-refractivity contribution in [2.75, 3.05) is 6.54 Å². The third-order valence-corrected chi connectivity index (χ3v) is 6.45. The monoisotopic (exact) mass is 427 g/mol. The van der Waals surface area contributed by atoms with E-state index in [9.17, 15) is 18.0 Å². The summed E-state index contributed by atoms with van der Waals surface area (Å²) < 4.78 is 32.6. The molecule has 0 unspecified atom stereocenters. The average Bonchev–Trinajstić information content (AvgIpc) is 3.12. The predicted molar refractivity (Wildman–Crippen MR) is 110 cm³/mol. The molecule has 29 heavy (non-hydrogen) atoms. The van der Waals surface area contributed by atoms with E-state index < -0.39 is 27.0 Å². The molecule has 164 valence electrons. The van der Waals surface area contributed by atoms with Gasteiger partial charge in [0.05, 0.1) is 0 Å². The smallest absolute Gasteiger partial charge is 0.287 e. The topological polar surface area (TPSA) is 118 Å². The Morgan fingerprint density at radius 1 is 1.14 bits per heavy atom. The van der Waals surface area contributed by atoms with E-state index in [-0.39, 0.29) is 16.8 Å². The molecule has 3 N–H and O–H groups in total. The van der Waals surface area contributed by atoms with Crippen molar-refractivity contribution in [1.82, 2.24) is 15.4 Å². The lowest BCUT2D eigenvalue weighted by Gasteiger charge is -2.36. The van der Waals surface area contributed by atoms with Crippen molar-refractivity contribution < 1.29 is 22.4 Å². The summed E-state index contributed by atoms with van der Waals surface area (Å²) in [6, 6.07) is 2.57. The minimum absolute atomic E-state index is 0.134. The quantitative estimate of drug-likeness (QED) is 0.551. The second kappa shape index (κ2) is 9.30. The SMILES string of the molecule is CCCCNC(=O)C1(NC(=O)c2ccc(S(=O)(=O)NC(C)(C)C)o2)CCCCC1. The van der Waals surface area contributed by atoms with Crippen LogP contribution in [0.25, 0.3) is 0 Å². The van der Waals surface area contributed by atoms with Crippen LogP contribution < -0.4 is 15.4 Å². The van der Waals surface area contributed by atoms with Gasteiger partial charge in [-0.25, -0.2) is 13.1 Å². The molecule has 9 heteroatoms. The number of carbonyl (C=O) groups is 2. The zero-order chi connectivity index (χ0) is 21.7. The number of rotatable bonds is 8. The standard InChI is InChI=1S/C20H33N3O5S/c1-5-6-14-21-18(25)20(12-8-7-9-13-20)22-17(24)15-10-11-16(28-15)29(26,27)23-19(2,3)4/h10-11,23H,5-9,12-14H2,1-4H3,(H,21,25)(H,22,24). The molecule has 1 heterocycles. The van der Waals surface area contributed by atoms with E-state index in [0.717, 1.165) is 32.1 Å². The number of hydrogen-bond donors (Lipinski definition) is 3. The van der Waals surface area contributed by atoms with Crippen molar-refractivity contribution >= 4 is 21.8 Å². The summed E-state index contributed by atoms with van der Waals surface area (Å²) in [5.41, 5.74) is -1.67. The van der Waals surface area contributed by atoms with Gasteiger partial charge in [-0.05, 0) is 52.2 Å². The van der Waals surface area contributed by atoms with Gasteiger partial charge < -0.3 is 15.1 Å². The fourth-order valence-corrected chi connectivity index (χ4v) is 4.78. The van der Waals surface area contributed by atoms with Crippen molar-refractivity contribution in [3.05, 3.63) is 17.9 Å². The largest absolute Gasteiger partial charge is 0.438 e. The van der Waals surface area contributed by atoms with Crippen LogP contribution in [0, 0.1) is 0 Å². The van der Waals surface area contributed by atoms with Gasteiger partial charge in [-0.3, -0.25) is 9.59 Å². The van der Waals surface area contributed by atoms with Gasteiger partial charge in [0.15, 0.2) is 5.76 Å². The number of hydrogen-bond acceptors (Lipinski definition) is 5. The van der Waals surface area contributed by atoms with Crippen molar-refractivity contribution in [2.45, 2.75) is 88.8 Å². The first-order valence-electron chi connectivity index (χ1n) is 10.2. The highest BCUT2D eigenvalue weighted by Gasteiger charge is 2.41. The molecule has 1 aliphatic carbocycles. The highest BCUT2D eigenvalue weighted by Crippen LogP contribution is 2.29. The fourth-order valence-electron chi connectivity index (χ4n) is 3.43. The van der Waals surface area contributed by atoms with Crippen LogP contribution in [0.4, 0.5) is 0 Å².